The minimum absolute atomic E-state index is 0.310. The number of amides is 1. The van der Waals surface area contributed by atoms with Crippen LogP contribution in [0.4, 0.5) is 10.1 Å². The maximum absolute atomic E-state index is 14.4. The maximum Gasteiger partial charge on any atom is 0.283 e. The number of carbonyl (C=O) groups excluding carboxylic acids is 1. The highest BCUT2D eigenvalue weighted by Gasteiger charge is 2.33. The third-order valence-corrected chi connectivity index (χ3v) is 5.22. The molecule has 1 aromatic carbocycles. The van der Waals surface area contributed by atoms with Crippen molar-refractivity contribution in [2.24, 2.45) is 10.7 Å². The van der Waals surface area contributed by atoms with Crippen molar-refractivity contribution in [2.75, 3.05) is 25.2 Å². The molecular weight excluding hydrogens is 359 g/mol. The third-order valence-electron chi connectivity index (χ3n) is 4.43. The summed E-state index contributed by atoms with van der Waals surface area (Å²) in [5, 5.41) is 3.20. The van der Waals surface area contributed by atoms with Gasteiger partial charge < -0.3 is 25.4 Å². The van der Waals surface area contributed by atoms with Crippen LogP contribution in [0.15, 0.2) is 35.2 Å². The summed E-state index contributed by atoms with van der Waals surface area (Å²) in [6.07, 6.45) is 1.35. The topological polar surface area (TPSA) is 89.2 Å². The zero-order valence-corrected chi connectivity index (χ0v) is 15.6. The maximum atomic E-state index is 14.4. The van der Waals surface area contributed by atoms with E-state index in [-0.39, 0.29) is 11.7 Å². The first-order valence-electron chi connectivity index (χ1n) is 8.05. The number of methoxy groups -OCH3 is 1. The standard InChI is InChI=1S/C17H21FN4O3S/c1-17(6-7-26-15(19)21-17)11-8-10(4-5-12(11)18)20-14(23)13-9-25-16(24-3)22(13)2/h4-5,8-9,16H,6-7H2,1-3H3,(H2,19,21)(H,20,23). The zero-order valence-electron chi connectivity index (χ0n) is 14.8. The Balaban J connectivity index is 1.82. The quantitative estimate of drug-likeness (QED) is 0.832. The fourth-order valence-corrected chi connectivity index (χ4v) is 3.90. The van der Waals surface area contributed by atoms with E-state index in [0.717, 1.165) is 5.75 Å². The molecule has 9 heteroatoms. The SMILES string of the molecule is COC1OC=C(C(=O)Nc2ccc(F)c(C3(C)CCSC(N)=N3)c2)N1C. The van der Waals surface area contributed by atoms with Gasteiger partial charge in [0.15, 0.2) is 5.17 Å². The third kappa shape index (κ3) is 3.49. The van der Waals surface area contributed by atoms with Crippen LogP contribution in [-0.2, 0) is 19.8 Å². The first-order valence-corrected chi connectivity index (χ1v) is 9.03. The van der Waals surface area contributed by atoms with E-state index in [0.29, 0.717) is 28.5 Å². The zero-order chi connectivity index (χ0) is 18.9. The number of rotatable bonds is 4. The fourth-order valence-electron chi connectivity index (χ4n) is 2.93. The van der Waals surface area contributed by atoms with E-state index in [2.05, 4.69) is 10.3 Å². The lowest BCUT2D eigenvalue weighted by molar-refractivity contribution is -0.142. The van der Waals surface area contributed by atoms with Gasteiger partial charge in [0, 0.05) is 31.2 Å². The van der Waals surface area contributed by atoms with Crippen molar-refractivity contribution in [3.05, 3.63) is 41.5 Å². The van der Waals surface area contributed by atoms with Gasteiger partial charge in [0.25, 0.3) is 12.3 Å². The van der Waals surface area contributed by atoms with E-state index in [1.165, 1.54) is 37.3 Å². The monoisotopic (exact) mass is 380 g/mol. The van der Waals surface area contributed by atoms with Crippen LogP contribution in [0, 0.1) is 5.82 Å². The van der Waals surface area contributed by atoms with E-state index < -0.39 is 12.0 Å². The van der Waals surface area contributed by atoms with Crippen molar-refractivity contribution in [3.63, 3.8) is 0 Å². The summed E-state index contributed by atoms with van der Waals surface area (Å²) in [5.74, 6) is 0.000791. The molecule has 3 N–H and O–H groups in total. The van der Waals surface area contributed by atoms with E-state index in [1.54, 1.807) is 18.0 Å². The van der Waals surface area contributed by atoms with Gasteiger partial charge in [-0.3, -0.25) is 9.79 Å². The molecule has 0 radical (unpaired) electrons. The largest absolute Gasteiger partial charge is 0.452 e. The summed E-state index contributed by atoms with van der Waals surface area (Å²) >= 11 is 1.45. The smallest absolute Gasteiger partial charge is 0.283 e. The molecule has 7 nitrogen and oxygen atoms in total. The van der Waals surface area contributed by atoms with Gasteiger partial charge in [-0.25, -0.2) is 4.39 Å². The minimum atomic E-state index is -0.756. The number of benzene rings is 1. The van der Waals surface area contributed by atoms with E-state index in [9.17, 15) is 9.18 Å². The van der Waals surface area contributed by atoms with E-state index in [4.69, 9.17) is 15.2 Å². The molecule has 2 atom stereocenters. The molecule has 3 rings (SSSR count). The highest BCUT2D eigenvalue weighted by molar-refractivity contribution is 8.13. The normalized spacial score (nSPS) is 25.4. The molecule has 0 fully saturated rings. The molecule has 0 saturated carbocycles. The number of anilines is 1. The van der Waals surface area contributed by atoms with Crippen LogP contribution in [0.25, 0.3) is 0 Å². The number of nitrogens with zero attached hydrogens (tertiary/aromatic N) is 2. The number of halogens is 1. The highest BCUT2D eigenvalue weighted by atomic mass is 32.2. The molecule has 0 spiro atoms. The van der Waals surface area contributed by atoms with Crippen LogP contribution in [0.5, 0.6) is 0 Å². The van der Waals surface area contributed by atoms with Crippen molar-refractivity contribution >= 4 is 28.5 Å². The lowest BCUT2D eigenvalue weighted by Crippen LogP contribution is -2.33. The Hall–Kier alpha value is -2.26. The van der Waals surface area contributed by atoms with Crippen molar-refractivity contribution in [1.82, 2.24) is 4.90 Å². The van der Waals surface area contributed by atoms with Crippen molar-refractivity contribution in [3.8, 4) is 0 Å². The number of amidine groups is 1. The molecule has 2 aliphatic heterocycles. The van der Waals surface area contributed by atoms with Crippen LogP contribution < -0.4 is 11.1 Å². The van der Waals surface area contributed by atoms with Gasteiger partial charge in [0.2, 0.25) is 0 Å². The van der Waals surface area contributed by atoms with Crippen LogP contribution >= 0.6 is 11.8 Å². The van der Waals surface area contributed by atoms with Crippen LogP contribution in [-0.4, -0.2) is 42.3 Å². The van der Waals surface area contributed by atoms with Gasteiger partial charge in [-0.2, -0.15) is 0 Å². The van der Waals surface area contributed by atoms with Gasteiger partial charge >= 0.3 is 0 Å². The summed E-state index contributed by atoms with van der Waals surface area (Å²) in [6.45, 7) is 1.84. The molecular formula is C17H21FN4O3S. The van der Waals surface area contributed by atoms with Crippen molar-refractivity contribution in [1.29, 1.82) is 0 Å². The number of ether oxygens (including phenoxy) is 2. The molecule has 2 aliphatic rings. The Bertz CT molecular complexity index is 785. The highest BCUT2D eigenvalue weighted by Crippen LogP contribution is 2.37. The minimum Gasteiger partial charge on any atom is -0.452 e. The van der Waals surface area contributed by atoms with Gasteiger partial charge in [0.05, 0.1) is 5.54 Å². The number of hydrogen-bond acceptors (Lipinski definition) is 7. The average Bonchev–Trinajstić information content (AvgIpc) is 2.97. The first-order chi connectivity index (χ1) is 12.3. The Morgan fingerprint density at radius 2 is 2.35 bits per heavy atom. The van der Waals surface area contributed by atoms with E-state index in [1.807, 2.05) is 6.92 Å². The summed E-state index contributed by atoms with van der Waals surface area (Å²) in [5.41, 5.74) is 6.25. The van der Waals surface area contributed by atoms with E-state index >= 15 is 0 Å². The van der Waals surface area contributed by atoms with Crippen LogP contribution in [0.2, 0.25) is 0 Å². The number of likely N-dealkylation sites (N-methyl/N-ethyl adjacent to an activating group) is 1. The van der Waals surface area contributed by atoms with Crippen molar-refractivity contribution in [2.45, 2.75) is 25.3 Å². The molecule has 2 unspecified atom stereocenters. The summed E-state index contributed by atoms with van der Waals surface area (Å²) in [6, 6.07) is 4.43. The molecule has 0 saturated heterocycles. The summed E-state index contributed by atoms with van der Waals surface area (Å²) < 4.78 is 24.8. The molecule has 0 aromatic heterocycles. The van der Waals surface area contributed by atoms with Crippen LogP contribution in [0.1, 0.15) is 18.9 Å². The second kappa shape index (κ2) is 7.16. The fraction of sp³-hybridized carbons (Fsp3) is 0.412. The first kappa shape index (κ1) is 18.5. The van der Waals surface area contributed by atoms with Gasteiger partial charge in [-0.15, -0.1) is 0 Å². The molecule has 1 amide bonds. The molecule has 26 heavy (non-hydrogen) atoms. The second-order valence-corrected chi connectivity index (χ2v) is 7.38. The number of aliphatic imine (C=N–C) groups is 1. The number of carbonyl (C=O) groups is 1. The predicted molar refractivity (Wildman–Crippen MR) is 98.8 cm³/mol. The second-order valence-electron chi connectivity index (χ2n) is 6.26. The molecule has 0 aliphatic carbocycles. The molecule has 1 aromatic rings. The summed E-state index contributed by atoms with van der Waals surface area (Å²) in [7, 11) is 3.17. The lowest BCUT2D eigenvalue weighted by atomic mass is 9.89. The Morgan fingerprint density at radius 1 is 1.58 bits per heavy atom. The lowest BCUT2D eigenvalue weighted by Gasteiger charge is -2.30. The Labute approximate surface area is 155 Å². The summed E-state index contributed by atoms with van der Waals surface area (Å²) in [4.78, 5) is 18.5. The average molecular weight is 380 g/mol. The van der Waals surface area contributed by atoms with Gasteiger partial charge in [-0.1, -0.05) is 11.8 Å². The number of thioether (sulfide) groups is 1. The van der Waals surface area contributed by atoms with Crippen molar-refractivity contribution < 1.29 is 18.7 Å². The number of nitrogens with one attached hydrogen (secondary N) is 1. The molecule has 0 bridgehead atoms. The van der Waals surface area contributed by atoms with Gasteiger partial charge in [0.1, 0.15) is 17.8 Å². The van der Waals surface area contributed by atoms with Gasteiger partial charge in [-0.05, 0) is 31.5 Å². The predicted octanol–water partition coefficient (Wildman–Crippen LogP) is 2.16. The number of nitrogens with two attached hydrogens (primary N) is 1. The Morgan fingerprint density at radius 3 is 3.00 bits per heavy atom. The van der Waals surface area contributed by atoms with Crippen LogP contribution in [0.3, 0.4) is 0 Å². The Kier molecular flexibility index (Phi) is 5.10. The molecule has 140 valence electrons. The molecule has 2 heterocycles. The number of hydrogen-bond donors (Lipinski definition) is 2.